The normalized spacial score (nSPS) is 24.6. The summed E-state index contributed by atoms with van der Waals surface area (Å²) in [6, 6.07) is 0. The van der Waals surface area contributed by atoms with E-state index in [0.29, 0.717) is 0 Å². The highest BCUT2D eigenvalue weighted by Gasteiger charge is 2.43. The standard InChI is InChI=1S/C12H19N8O13P3/c1-5(18-19-14)30-11-9-10(16-12(13)17-11)20(4-15-9)8-2-6(21)7(31-8)3-29-35(25,26)33-36(27,28)32-34(22,23)24/h4-8,21H,2-3H2,1H3,(H,25,26)(H,27,28)(H2,13,16,17)(H2,22,23,24)/t5?,6-,7-,8-/m1/s1. The first-order valence-corrected chi connectivity index (χ1v) is 13.9. The highest BCUT2D eigenvalue weighted by Crippen LogP contribution is 2.66. The first kappa shape index (κ1) is 28.4. The number of anilines is 1. The molecule has 21 nitrogen and oxygen atoms in total. The SMILES string of the molecule is CC(N=[N+]=[N-])Oc1nc(N)nc2c1ncn2[C@H]1C[C@@H](O)[C@@H](COP(=O)(O)OP(=O)(O)OP(=O)(O)O)O1. The lowest BCUT2D eigenvalue weighted by Gasteiger charge is -2.19. The first-order chi connectivity index (χ1) is 16.6. The summed E-state index contributed by atoms with van der Waals surface area (Å²) in [6.45, 7) is 0.586. The largest absolute Gasteiger partial charge is 0.490 e. The van der Waals surface area contributed by atoms with E-state index in [1.807, 2.05) is 0 Å². The van der Waals surface area contributed by atoms with Gasteiger partial charge in [0.2, 0.25) is 11.8 Å². The van der Waals surface area contributed by atoms with E-state index in [2.05, 4.69) is 38.1 Å². The van der Waals surface area contributed by atoms with Crippen LogP contribution < -0.4 is 10.5 Å². The number of nitrogens with zero attached hydrogens (tertiary/aromatic N) is 7. The van der Waals surface area contributed by atoms with E-state index in [0.717, 1.165) is 0 Å². The highest BCUT2D eigenvalue weighted by molar-refractivity contribution is 7.66. The number of aliphatic hydroxyl groups is 1. The third-order valence-electron chi connectivity index (χ3n) is 4.24. The molecule has 0 bridgehead atoms. The van der Waals surface area contributed by atoms with E-state index < -0.39 is 54.7 Å². The zero-order chi connectivity index (χ0) is 26.9. The van der Waals surface area contributed by atoms with Crippen LogP contribution in [0.5, 0.6) is 5.88 Å². The van der Waals surface area contributed by atoms with Crippen LogP contribution in [0.25, 0.3) is 21.6 Å². The molecule has 24 heteroatoms. The van der Waals surface area contributed by atoms with Gasteiger partial charge in [0, 0.05) is 11.3 Å². The molecule has 0 radical (unpaired) electrons. The van der Waals surface area contributed by atoms with E-state index in [1.165, 1.54) is 17.8 Å². The molecular weight excluding hydrogens is 557 g/mol. The molecule has 2 aromatic heterocycles. The van der Waals surface area contributed by atoms with Crippen LogP contribution in [0.2, 0.25) is 0 Å². The third kappa shape index (κ3) is 7.41. The fourth-order valence-electron chi connectivity index (χ4n) is 2.96. The van der Waals surface area contributed by atoms with Crippen molar-refractivity contribution in [1.82, 2.24) is 19.5 Å². The van der Waals surface area contributed by atoms with Crippen molar-refractivity contribution in [3.8, 4) is 5.88 Å². The van der Waals surface area contributed by atoms with Crippen molar-refractivity contribution in [3.63, 3.8) is 0 Å². The lowest BCUT2D eigenvalue weighted by Crippen LogP contribution is -2.26. The second kappa shape index (κ2) is 10.6. The maximum Gasteiger partial charge on any atom is 0.490 e. The van der Waals surface area contributed by atoms with Crippen LogP contribution in [0.15, 0.2) is 11.4 Å². The van der Waals surface area contributed by atoms with Gasteiger partial charge in [0.25, 0.3) is 0 Å². The second-order valence-electron chi connectivity index (χ2n) is 6.95. The van der Waals surface area contributed by atoms with E-state index in [9.17, 15) is 28.6 Å². The number of nitrogens with two attached hydrogens (primary N) is 1. The lowest BCUT2D eigenvalue weighted by atomic mass is 10.2. The zero-order valence-corrected chi connectivity index (χ0v) is 20.5. The van der Waals surface area contributed by atoms with Crippen molar-refractivity contribution < 1.29 is 61.0 Å². The van der Waals surface area contributed by atoms with Crippen molar-refractivity contribution in [2.24, 2.45) is 5.11 Å². The maximum absolute atomic E-state index is 11.9. The molecular formula is C12H19N8O13P3. The fourth-order valence-corrected chi connectivity index (χ4v) is 5.99. The summed E-state index contributed by atoms with van der Waals surface area (Å²) in [5, 5.41) is 13.6. The molecule has 1 aliphatic rings. The molecule has 1 aliphatic heterocycles. The number of hydrogen-bond acceptors (Lipinski definition) is 14. The number of ether oxygens (including phenoxy) is 2. The Labute approximate surface area is 199 Å². The van der Waals surface area contributed by atoms with Gasteiger partial charge in [-0.15, -0.1) is 0 Å². The van der Waals surface area contributed by atoms with Gasteiger partial charge in [0.1, 0.15) is 12.3 Å². The summed E-state index contributed by atoms with van der Waals surface area (Å²) >= 11 is 0. The van der Waals surface area contributed by atoms with Crippen LogP contribution in [-0.2, 0) is 31.6 Å². The molecule has 1 fully saturated rings. The minimum atomic E-state index is -5.70. The molecule has 1 saturated heterocycles. The molecule has 200 valence electrons. The summed E-state index contributed by atoms with van der Waals surface area (Å²) in [4.78, 5) is 50.5. The number of imidazole rings is 1. The molecule has 0 aliphatic carbocycles. The molecule has 36 heavy (non-hydrogen) atoms. The minimum Gasteiger partial charge on any atom is -0.467 e. The van der Waals surface area contributed by atoms with Crippen LogP contribution >= 0.6 is 23.5 Å². The molecule has 3 rings (SSSR count). The van der Waals surface area contributed by atoms with Crippen molar-refractivity contribution in [2.45, 2.75) is 38.0 Å². The quantitative estimate of drug-likeness (QED) is 0.0914. The molecule has 0 spiro atoms. The molecule has 0 aromatic carbocycles. The van der Waals surface area contributed by atoms with Crippen molar-refractivity contribution >= 4 is 40.6 Å². The smallest absolute Gasteiger partial charge is 0.467 e. The van der Waals surface area contributed by atoms with Gasteiger partial charge in [0.15, 0.2) is 17.4 Å². The summed E-state index contributed by atoms with van der Waals surface area (Å²) in [7, 11) is -16.7. The van der Waals surface area contributed by atoms with E-state index >= 15 is 0 Å². The van der Waals surface area contributed by atoms with Crippen LogP contribution in [0.3, 0.4) is 0 Å². The number of phosphoric acid groups is 3. The Hall–Kier alpha value is -2.21. The Bertz CT molecular complexity index is 1310. The monoisotopic (exact) mass is 576 g/mol. The van der Waals surface area contributed by atoms with Gasteiger partial charge < -0.3 is 39.9 Å². The molecule has 2 aromatic rings. The molecule has 0 saturated carbocycles. The van der Waals surface area contributed by atoms with Crippen LogP contribution in [0.4, 0.5) is 5.95 Å². The summed E-state index contributed by atoms with van der Waals surface area (Å²) < 4.78 is 58.0. The summed E-state index contributed by atoms with van der Waals surface area (Å²) in [5.41, 5.74) is 14.4. The van der Waals surface area contributed by atoms with Crippen molar-refractivity contribution in [1.29, 1.82) is 0 Å². The number of aromatic nitrogens is 4. The first-order valence-electron chi connectivity index (χ1n) is 9.42. The maximum atomic E-state index is 11.9. The third-order valence-corrected chi connectivity index (χ3v) is 8.04. The van der Waals surface area contributed by atoms with Gasteiger partial charge >= 0.3 is 23.5 Å². The van der Waals surface area contributed by atoms with Gasteiger partial charge in [-0.25, -0.2) is 18.7 Å². The van der Waals surface area contributed by atoms with Crippen molar-refractivity contribution in [3.05, 3.63) is 16.8 Å². The van der Waals surface area contributed by atoms with Crippen molar-refractivity contribution in [2.75, 3.05) is 12.3 Å². The summed E-state index contributed by atoms with van der Waals surface area (Å²) in [5.74, 6) is -0.325. The van der Waals surface area contributed by atoms with Gasteiger partial charge in [0.05, 0.1) is 19.0 Å². The Balaban J connectivity index is 1.71. The highest BCUT2D eigenvalue weighted by atomic mass is 31.3. The Kier molecular flexibility index (Phi) is 8.39. The van der Waals surface area contributed by atoms with Crippen LogP contribution in [0.1, 0.15) is 19.6 Å². The number of fused-ring (bicyclic) bond motifs is 1. The Morgan fingerprint density at radius 3 is 2.61 bits per heavy atom. The molecule has 7 N–H and O–H groups in total. The molecule has 3 heterocycles. The summed E-state index contributed by atoms with van der Waals surface area (Å²) in [6.07, 6.45) is -3.34. The lowest BCUT2D eigenvalue weighted by molar-refractivity contribution is -0.0423. The zero-order valence-electron chi connectivity index (χ0n) is 17.9. The predicted molar refractivity (Wildman–Crippen MR) is 113 cm³/mol. The van der Waals surface area contributed by atoms with Gasteiger partial charge in [-0.3, -0.25) is 9.09 Å². The number of phosphoric ester groups is 1. The second-order valence-corrected chi connectivity index (χ2v) is 11.4. The van der Waals surface area contributed by atoms with Crippen LogP contribution in [0, 0.1) is 0 Å². The van der Waals surface area contributed by atoms with E-state index in [-0.39, 0.29) is 29.4 Å². The van der Waals surface area contributed by atoms with E-state index in [4.69, 9.17) is 30.5 Å². The van der Waals surface area contributed by atoms with Gasteiger partial charge in [-0.05, 0) is 12.5 Å². The minimum absolute atomic E-state index is 0.0982. The predicted octanol–water partition coefficient (Wildman–Crippen LogP) is 0.435. The Morgan fingerprint density at radius 1 is 1.28 bits per heavy atom. The number of aliphatic hydroxyl groups excluding tert-OH is 1. The molecule has 6 atom stereocenters. The number of rotatable bonds is 11. The number of nitrogen functional groups attached to an aromatic ring is 1. The fraction of sp³-hybridized carbons (Fsp3) is 0.583. The van der Waals surface area contributed by atoms with Gasteiger partial charge in [-0.1, -0.05) is 5.11 Å². The Morgan fingerprint density at radius 2 is 1.97 bits per heavy atom. The number of hydrogen-bond donors (Lipinski definition) is 6. The van der Waals surface area contributed by atoms with Crippen LogP contribution in [-0.4, -0.2) is 69.2 Å². The average Bonchev–Trinajstić information content (AvgIpc) is 3.27. The molecule has 3 unspecified atom stereocenters. The van der Waals surface area contributed by atoms with E-state index in [1.54, 1.807) is 0 Å². The average molecular weight is 576 g/mol. The molecule has 0 amide bonds. The van der Waals surface area contributed by atoms with Gasteiger partial charge in [-0.2, -0.15) is 18.6 Å². The topological polar surface area (TPSA) is 317 Å². The number of azide groups is 1.